The van der Waals surface area contributed by atoms with Gasteiger partial charge in [-0.3, -0.25) is 4.90 Å². The summed E-state index contributed by atoms with van der Waals surface area (Å²) < 4.78 is 38.6. The fraction of sp³-hybridized carbons (Fsp3) is 0.474. The minimum atomic E-state index is -4.24. The standard InChI is InChI=1S/C19H24F3N3/c20-19(21,22)16-2-1-3-18(14-16)25-12-10-24(11-13-25)9-8-15-4-6-17(23)7-5-15/h2,4-7,14H,1,3,8-13,23H2. The van der Waals surface area contributed by atoms with Crippen LogP contribution in [-0.4, -0.2) is 48.7 Å². The summed E-state index contributed by atoms with van der Waals surface area (Å²) in [5, 5.41) is 0. The van der Waals surface area contributed by atoms with Gasteiger partial charge in [0.2, 0.25) is 0 Å². The third-order valence-electron chi connectivity index (χ3n) is 4.89. The number of hydrogen-bond donors (Lipinski definition) is 1. The minimum Gasteiger partial charge on any atom is -0.399 e. The number of allylic oxidation sites excluding steroid dienone is 4. The summed E-state index contributed by atoms with van der Waals surface area (Å²) in [6.07, 6.45) is 0.513. The van der Waals surface area contributed by atoms with Gasteiger partial charge in [-0.15, -0.1) is 0 Å². The monoisotopic (exact) mass is 351 g/mol. The van der Waals surface area contributed by atoms with E-state index in [0.29, 0.717) is 12.8 Å². The van der Waals surface area contributed by atoms with Gasteiger partial charge in [0, 0.05) is 44.1 Å². The van der Waals surface area contributed by atoms with Gasteiger partial charge in [0.1, 0.15) is 0 Å². The van der Waals surface area contributed by atoms with Crippen LogP contribution in [0.25, 0.3) is 0 Å². The Balaban J connectivity index is 1.49. The second-order valence-electron chi connectivity index (χ2n) is 6.65. The van der Waals surface area contributed by atoms with E-state index >= 15 is 0 Å². The van der Waals surface area contributed by atoms with Gasteiger partial charge >= 0.3 is 6.18 Å². The molecular weight excluding hydrogens is 327 g/mol. The summed E-state index contributed by atoms with van der Waals surface area (Å²) >= 11 is 0. The van der Waals surface area contributed by atoms with Crippen molar-refractivity contribution in [2.24, 2.45) is 0 Å². The molecule has 1 fully saturated rings. The van der Waals surface area contributed by atoms with Crippen molar-refractivity contribution >= 4 is 5.69 Å². The number of alkyl halides is 3. The SMILES string of the molecule is Nc1ccc(CCN2CCN(C3=CC(C(F)(F)F)=CCC3)CC2)cc1. The molecule has 0 spiro atoms. The average molecular weight is 351 g/mol. The minimum absolute atomic E-state index is 0.470. The van der Waals surface area contributed by atoms with Crippen LogP contribution in [0.1, 0.15) is 18.4 Å². The number of nitrogen functional groups attached to an aromatic ring is 1. The van der Waals surface area contributed by atoms with E-state index < -0.39 is 11.7 Å². The van der Waals surface area contributed by atoms with E-state index in [2.05, 4.69) is 9.80 Å². The van der Waals surface area contributed by atoms with Gasteiger partial charge in [-0.1, -0.05) is 18.2 Å². The third kappa shape index (κ3) is 4.78. The van der Waals surface area contributed by atoms with Gasteiger partial charge in [-0.2, -0.15) is 13.2 Å². The highest BCUT2D eigenvalue weighted by Crippen LogP contribution is 2.32. The van der Waals surface area contributed by atoms with Crippen molar-refractivity contribution in [2.45, 2.75) is 25.4 Å². The van der Waals surface area contributed by atoms with Crippen LogP contribution in [0.3, 0.4) is 0 Å². The highest BCUT2D eigenvalue weighted by molar-refractivity contribution is 5.39. The van der Waals surface area contributed by atoms with Crippen molar-refractivity contribution < 1.29 is 13.2 Å². The van der Waals surface area contributed by atoms with E-state index in [1.165, 1.54) is 17.7 Å². The quantitative estimate of drug-likeness (QED) is 0.842. The van der Waals surface area contributed by atoms with Crippen LogP contribution in [0.15, 0.2) is 47.7 Å². The molecule has 3 nitrogen and oxygen atoms in total. The molecular formula is C19H24F3N3. The Hall–Kier alpha value is -1.95. The number of hydrogen-bond acceptors (Lipinski definition) is 3. The lowest BCUT2D eigenvalue weighted by Gasteiger charge is -2.38. The van der Waals surface area contributed by atoms with Crippen LogP contribution in [0.2, 0.25) is 0 Å². The first-order chi connectivity index (χ1) is 11.9. The molecule has 6 heteroatoms. The van der Waals surface area contributed by atoms with Crippen molar-refractivity contribution in [1.82, 2.24) is 9.80 Å². The highest BCUT2D eigenvalue weighted by Gasteiger charge is 2.34. The normalized spacial score (nSPS) is 19.6. The topological polar surface area (TPSA) is 32.5 Å². The third-order valence-corrected chi connectivity index (χ3v) is 4.89. The second-order valence-corrected chi connectivity index (χ2v) is 6.65. The van der Waals surface area contributed by atoms with E-state index in [4.69, 9.17) is 5.73 Å². The number of halogens is 3. The molecule has 0 atom stereocenters. The number of nitrogens with zero attached hydrogens (tertiary/aromatic N) is 2. The van der Waals surface area contributed by atoms with Gasteiger partial charge in [0.25, 0.3) is 0 Å². The number of piperazine rings is 1. The summed E-state index contributed by atoms with van der Waals surface area (Å²) in [6, 6.07) is 7.91. The van der Waals surface area contributed by atoms with Crippen LogP contribution in [-0.2, 0) is 6.42 Å². The van der Waals surface area contributed by atoms with E-state index in [0.717, 1.165) is 50.5 Å². The lowest BCUT2D eigenvalue weighted by atomic mass is 10.0. The van der Waals surface area contributed by atoms with Crippen LogP contribution in [0.5, 0.6) is 0 Å². The van der Waals surface area contributed by atoms with E-state index in [1.807, 2.05) is 24.3 Å². The van der Waals surface area contributed by atoms with Crippen molar-refractivity contribution in [3.05, 3.63) is 53.3 Å². The lowest BCUT2D eigenvalue weighted by molar-refractivity contribution is -0.0889. The predicted molar refractivity (Wildman–Crippen MR) is 94.0 cm³/mol. The Morgan fingerprint density at radius 1 is 1.00 bits per heavy atom. The molecule has 2 N–H and O–H groups in total. The maximum absolute atomic E-state index is 12.9. The zero-order valence-corrected chi connectivity index (χ0v) is 14.2. The number of benzene rings is 1. The number of anilines is 1. The molecule has 1 saturated heterocycles. The van der Waals surface area contributed by atoms with Crippen LogP contribution in [0.4, 0.5) is 18.9 Å². The molecule has 0 amide bonds. The molecule has 1 aromatic rings. The van der Waals surface area contributed by atoms with Crippen LogP contribution >= 0.6 is 0 Å². The van der Waals surface area contributed by atoms with E-state index in [1.54, 1.807) is 0 Å². The second kappa shape index (κ2) is 7.52. The Bertz CT molecular complexity index is 639. The molecule has 2 aliphatic rings. The predicted octanol–water partition coefficient (Wildman–Crippen LogP) is 3.60. The van der Waals surface area contributed by atoms with Gasteiger partial charge < -0.3 is 10.6 Å². The summed E-state index contributed by atoms with van der Waals surface area (Å²) in [5.74, 6) is 0. The Morgan fingerprint density at radius 3 is 2.32 bits per heavy atom. The average Bonchev–Trinajstić information content (AvgIpc) is 2.61. The Kier molecular flexibility index (Phi) is 5.37. The fourth-order valence-corrected chi connectivity index (χ4v) is 3.36. The molecule has 3 rings (SSSR count). The molecule has 0 radical (unpaired) electrons. The lowest BCUT2D eigenvalue weighted by Crippen LogP contribution is -2.46. The van der Waals surface area contributed by atoms with Crippen molar-refractivity contribution in [3.63, 3.8) is 0 Å². The number of rotatable bonds is 4. The summed E-state index contributed by atoms with van der Waals surface area (Å²) in [7, 11) is 0. The van der Waals surface area contributed by atoms with Crippen LogP contribution < -0.4 is 5.73 Å². The van der Waals surface area contributed by atoms with Crippen LogP contribution in [0, 0.1) is 0 Å². The van der Waals surface area contributed by atoms with Gasteiger partial charge in [0.05, 0.1) is 5.57 Å². The molecule has 0 saturated carbocycles. The van der Waals surface area contributed by atoms with Gasteiger partial charge in [-0.25, -0.2) is 0 Å². The first kappa shape index (κ1) is 17.9. The smallest absolute Gasteiger partial charge is 0.399 e. The highest BCUT2D eigenvalue weighted by atomic mass is 19.4. The summed E-state index contributed by atoms with van der Waals surface area (Å²) in [4.78, 5) is 4.48. The maximum Gasteiger partial charge on any atom is 0.416 e. The molecule has 0 unspecified atom stereocenters. The largest absolute Gasteiger partial charge is 0.416 e. The summed E-state index contributed by atoms with van der Waals surface area (Å²) in [6.45, 7) is 4.32. The van der Waals surface area contributed by atoms with Gasteiger partial charge in [-0.05, 0) is 43.0 Å². The molecule has 1 aromatic carbocycles. The zero-order valence-electron chi connectivity index (χ0n) is 14.2. The van der Waals surface area contributed by atoms with Gasteiger partial charge in [0.15, 0.2) is 0 Å². The van der Waals surface area contributed by atoms with Crippen molar-refractivity contribution in [2.75, 3.05) is 38.5 Å². The molecule has 0 bridgehead atoms. The summed E-state index contributed by atoms with van der Waals surface area (Å²) in [5.41, 5.74) is 8.04. The van der Waals surface area contributed by atoms with E-state index in [9.17, 15) is 13.2 Å². The van der Waals surface area contributed by atoms with Crippen molar-refractivity contribution in [3.8, 4) is 0 Å². The maximum atomic E-state index is 12.9. The molecule has 0 aromatic heterocycles. The number of nitrogens with two attached hydrogens (primary N) is 1. The fourth-order valence-electron chi connectivity index (χ4n) is 3.36. The Morgan fingerprint density at radius 2 is 1.68 bits per heavy atom. The molecule has 25 heavy (non-hydrogen) atoms. The van der Waals surface area contributed by atoms with E-state index in [-0.39, 0.29) is 0 Å². The Labute approximate surface area is 146 Å². The molecule has 1 aliphatic carbocycles. The molecule has 1 aliphatic heterocycles. The zero-order chi connectivity index (χ0) is 17.9. The first-order valence-corrected chi connectivity index (χ1v) is 8.71. The first-order valence-electron chi connectivity index (χ1n) is 8.71. The molecule has 1 heterocycles. The van der Waals surface area contributed by atoms with Crippen molar-refractivity contribution in [1.29, 1.82) is 0 Å². The molecule has 136 valence electrons.